The molecule has 0 aliphatic carbocycles. The van der Waals surface area contributed by atoms with E-state index in [4.69, 9.17) is 0 Å². The van der Waals surface area contributed by atoms with Gasteiger partial charge in [0.05, 0.1) is 5.51 Å². The summed E-state index contributed by atoms with van der Waals surface area (Å²) < 4.78 is 0. The van der Waals surface area contributed by atoms with E-state index in [1.807, 2.05) is 11.7 Å². The molecule has 96 valence electrons. The standard InChI is InChI=1S/C13H23N3S/c1-11(2)13(16-5-3-4-6-16)9-14-7-12-8-15-10-17-12/h8,10-11,13-14H,3-7,9H2,1-2H3. The summed E-state index contributed by atoms with van der Waals surface area (Å²) in [6, 6.07) is 0.686. The summed E-state index contributed by atoms with van der Waals surface area (Å²) in [5.41, 5.74) is 1.90. The first-order valence-electron chi connectivity index (χ1n) is 6.59. The highest BCUT2D eigenvalue weighted by atomic mass is 32.1. The van der Waals surface area contributed by atoms with Crippen LogP contribution in [0.3, 0.4) is 0 Å². The van der Waals surface area contributed by atoms with E-state index in [1.54, 1.807) is 11.3 Å². The summed E-state index contributed by atoms with van der Waals surface area (Å²) in [5, 5.41) is 3.57. The lowest BCUT2D eigenvalue weighted by atomic mass is 10.0. The number of thiazole rings is 1. The first-order chi connectivity index (χ1) is 8.27. The molecule has 3 nitrogen and oxygen atoms in total. The van der Waals surface area contributed by atoms with Crippen LogP contribution in [-0.2, 0) is 6.54 Å². The highest BCUT2D eigenvalue weighted by Gasteiger charge is 2.23. The summed E-state index contributed by atoms with van der Waals surface area (Å²) >= 11 is 1.73. The van der Waals surface area contributed by atoms with E-state index in [0.29, 0.717) is 6.04 Å². The average molecular weight is 253 g/mol. The predicted octanol–water partition coefficient (Wildman–Crippen LogP) is 2.35. The van der Waals surface area contributed by atoms with Crippen LogP contribution < -0.4 is 5.32 Å². The van der Waals surface area contributed by atoms with E-state index in [2.05, 4.69) is 29.0 Å². The molecule has 2 rings (SSSR count). The highest BCUT2D eigenvalue weighted by Crippen LogP contribution is 2.17. The molecule has 1 unspecified atom stereocenters. The van der Waals surface area contributed by atoms with Gasteiger partial charge in [-0.2, -0.15) is 0 Å². The fourth-order valence-electron chi connectivity index (χ4n) is 2.53. The van der Waals surface area contributed by atoms with Gasteiger partial charge in [-0.15, -0.1) is 11.3 Å². The first-order valence-corrected chi connectivity index (χ1v) is 7.47. The summed E-state index contributed by atoms with van der Waals surface area (Å²) in [5.74, 6) is 0.724. The molecule has 1 fully saturated rings. The highest BCUT2D eigenvalue weighted by molar-refractivity contribution is 7.09. The molecule has 0 amide bonds. The Balaban J connectivity index is 1.77. The Kier molecular flexibility index (Phi) is 4.95. The lowest BCUT2D eigenvalue weighted by Gasteiger charge is -2.31. The van der Waals surface area contributed by atoms with Crippen LogP contribution in [0.15, 0.2) is 11.7 Å². The molecule has 1 atom stereocenters. The van der Waals surface area contributed by atoms with Gasteiger partial charge in [-0.05, 0) is 31.8 Å². The predicted molar refractivity (Wildman–Crippen MR) is 73.3 cm³/mol. The average Bonchev–Trinajstić information content (AvgIpc) is 2.96. The number of nitrogens with zero attached hydrogens (tertiary/aromatic N) is 2. The van der Waals surface area contributed by atoms with Crippen molar-refractivity contribution in [3.05, 3.63) is 16.6 Å². The maximum atomic E-state index is 4.10. The molecule has 1 aromatic rings. The number of hydrogen-bond acceptors (Lipinski definition) is 4. The second-order valence-corrected chi connectivity index (χ2v) is 6.12. The van der Waals surface area contributed by atoms with E-state index < -0.39 is 0 Å². The maximum absolute atomic E-state index is 4.10. The Labute approximate surface area is 108 Å². The lowest BCUT2D eigenvalue weighted by molar-refractivity contribution is 0.186. The summed E-state index contributed by atoms with van der Waals surface area (Å²) in [7, 11) is 0. The fraction of sp³-hybridized carbons (Fsp3) is 0.769. The van der Waals surface area contributed by atoms with Gasteiger partial charge < -0.3 is 5.32 Å². The molecule has 17 heavy (non-hydrogen) atoms. The van der Waals surface area contributed by atoms with E-state index in [-0.39, 0.29) is 0 Å². The first kappa shape index (κ1) is 13.0. The molecule has 0 radical (unpaired) electrons. The molecule has 4 heteroatoms. The number of likely N-dealkylation sites (tertiary alicyclic amines) is 1. The summed E-state index contributed by atoms with van der Waals surface area (Å²) in [6.45, 7) is 9.28. The van der Waals surface area contributed by atoms with Gasteiger partial charge in [0, 0.05) is 30.2 Å². The minimum absolute atomic E-state index is 0.686. The van der Waals surface area contributed by atoms with Crippen LogP contribution in [0.2, 0.25) is 0 Å². The Morgan fingerprint density at radius 1 is 1.41 bits per heavy atom. The number of nitrogens with one attached hydrogen (secondary N) is 1. The van der Waals surface area contributed by atoms with Gasteiger partial charge in [0.2, 0.25) is 0 Å². The van der Waals surface area contributed by atoms with Crippen LogP contribution in [0.4, 0.5) is 0 Å². The van der Waals surface area contributed by atoms with Crippen molar-refractivity contribution in [2.45, 2.75) is 39.3 Å². The Hall–Kier alpha value is -0.450. The molecule has 1 aliphatic rings. The van der Waals surface area contributed by atoms with Crippen molar-refractivity contribution in [3.8, 4) is 0 Å². The molecule has 2 heterocycles. The zero-order chi connectivity index (χ0) is 12.1. The van der Waals surface area contributed by atoms with Gasteiger partial charge in [0.15, 0.2) is 0 Å². The van der Waals surface area contributed by atoms with Gasteiger partial charge in [-0.25, -0.2) is 0 Å². The quantitative estimate of drug-likeness (QED) is 0.843. The third-order valence-corrected chi connectivity index (χ3v) is 4.30. The minimum Gasteiger partial charge on any atom is -0.310 e. The smallest absolute Gasteiger partial charge is 0.0794 e. The minimum atomic E-state index is 0.686. The van der Waals surface area contributed by atoms with Gasteiger partial charge >= 0.3 is 0 Å². The summed E-state index contributed by atoms with van der Waals surface area (Å²) in [4.78, 5) is 8.07. The fourth-order valence-corrected chi connectivity index (χ4v) is 3.10. The normalized spacial score (nSPS) is 19.0. The molecule has 0 spiro atoms. The van der Waals surface area contributed by atoms with Crippen LogP contribution in [0.5, 0.6) is 0 Å². The second kappa shape index (κ2) is 6.47. The van der Waals surface area contributed by atoms with Crippen molar-refractivity contribution >= 4 is 11.3 Å². The van der Waals surface area contributed by atoms with Crippen molar-refractivity contribution in [3.63, 3.8) is 0 Å². The van der Waals surface area contributed by atoms with Crippen molar-refractivity contribution in [2.75, 3.05) is 19.6 Å². The maximum Gasteiger partial charge on any atom is 0.0794 e. The monoisotopic (exact) mass is 253 g/mol. The molecule has 1 saturated heterocycles. The third-order valence-electron chi connectivity index (χ3n) is 3.52. The van der Waals surface area contributed by atoms with E-state index in [9.17, 15) is 0 Å². The van der Waals surface area contributed by atoms with Gasteiger partial charge in [0.1, 0.15) is 0 Å². The Morgan fingerprint density at radius 2 is 2.18 bits per heavy atom. The van der Waals surface area contributed by atoms with Crippen LogP contribution in [0.1, 0.15) is 31.6 Å². The van der Waals surface area contributed by atoms with Crippen molar-refractivity contribution in [1.82, 2.24) is 15.2 Å². The van der Waals surface area contributed by atoms with Crippen LogP contribution >= 0.6 is 11.3 Å². The molecular formula is C13H23N3S. The summed E-state index contributed by atoms with van der Waals surface area (Å²) in [6.07, 6.45) is 4.70. The number of hydrogen-bond donors (Lipinski definition) is 1. The Bertz CT molecular complexity index is 304. The van der Waals surface area contributed by atoms with Crippen LogP contribution in [0, 0.1) is 5.92 Å². The van der Waals surface area contributed by atoms with E-state index >= 15 is 0 Å². The van der Waals surface area contributed by atoms with Gasteiger partial charge in [-0.1, -0.05) is 13.8 Å². The Morgan fingerprint density at radius 3 is 2.76 bits per heavy atom. The zero-order valence-electron chi connectivity index (χ0n) is 10.9. The van der Waals surface area contributed by atoms with Crippen LogP contribution in [0.25, 0.3) is 0 Å². The molecule has 0 bridgehead atoms. The molecule has 1 N–H and O–H groups in total. The van der Waals surface area contributed by atoms with E-state index in [0.717, 1.165) is 19.0 Å². The number of aromatic nitrogens is 1. The SMILES string of the molecule is CC(C)C(CNCc1cncs1)N1CCCC1. The largest absolute Gasteiger partial charge is 0.310 e. The van der Waals surface area contributed by atoms with Crippen molar-refractivity contribution < 1.29 is 0 Å². The van der Waals surface area contributed by atoms with Crippen molar-refractivity contribution in [1.29, 1.82) is 0 Å². The van der Waals surface area contributed by atoms with Gasteiger partial charge in [0.25, 0.3) is 0 Å². The molecule has 1 aliphatic heterocycles. The molecule has 1 aromatic heterocycles. The van der Waals surface area contributed by atoms with Crippen molar-refractivity contribution in [2.24, 2.45) is 5.92 Å². The topological polar surface area (TPSA) is 28.2 Å². The molecule has 0 aromatic carbocycles. The van der Waals surface area contributed by atoms with Crippen LogP contribution in [-0.4, -0.2) is 35.6 Å². The zero-order valence-corrected chi connectivity index (χ0v) is 11.7. The lowest BCUT2D eigenvalue weighted by Crippen LogP contribution is -2.43. The second-order valence-electron chi connectivity index (χ2n) is 5.15. The number of rotatable bonds is 6. The molecule has 0 saturated carbocycles. The molecular weight excluding hydrogens is 230 g/mol. The van der Waals surface area contributed by atoms with Gasteiger partial charge in [-0.3, -0.25) is 9.88 Å². The van der Waals surface area contributed by atoms with E-state index in [1.165, 1.54) is 30.8 Å². The third kappa shape index (κ3) is 3.76.